The van der Waals surface area contributed by atoms with Gasteiger partial charge in [-0.2, -0.15) is 0 Å². The van der Waals surface area contributed by atoms with Gasteiger partial charge in [0.1, 0.15) is 5.82 Å². The van der Waals surface area contributed by atoms with Gasteiger partial charge >= 0.3 is 6.03 Å². The summed E-state index contributed by atoms with van der Waals surface area (Å²) in [5.74, 6) is -0.284. The van der Waals surface area contributed by atoms with Gasteiger partial charge in [0.05, 0.1) is 13.2 Å². The number of hydrogen-bond acceptors (Lipinski definition) is 3. The summed E-state index contributed by atoms with van der Waals surface area (Å²) in [6.45, 7) is 4.40. The molecule has 25 heavy (non-hydrogen) atoms. The first kappa shape index (κ1) is 18.1. The Morgan fingerprint density at radius 1 is 1.16 bits per heavy atom. The molecule has 0 aromatic heterocycles. The van der Waals surface area contributed by atoms with Crippen molar-refractivity contribution in [2.24, 2.45) is 0 Å². The number of carbonyl (C=O) groups excluding carboxylic acids is 1. The molecule has 1 saturated heterocycles. The van der Waals surface area contributed by atoms with Crippen LogP contribution in [0.25, 0.3) is 0 Å². The van der Waals surface area contributed by atoms with Gasteiger partial charge < -0.3 is 15.4 Å². The lowest BCUT2D eigenvalue weighted by Crippen LogP contribution is -2.60. The normalized spacial score (nSPS) is 20.8. The van der Waals surface area contributed by atoms with Crippen molar-refractivity contribution in [2.75, 3.05) is 32.8 Å². The number of halogens is 1. The minimum atomic E-state index is -0.284. The van der Waals surface area contributed by atoms with Crippen LogP contribution in [0.1, 0.15) is 37.7 Å². The highest BCUT2D eigenvalue weighted by atomic mass is 19.1. The molecule has 1 aromatic rings. The van der Waals surface area contributed by atoms with Gasteiger partial charge in [0.2, 0.25) is 0 Å². The molecule has 1 heterocycles. The van der Waals surface area contributed by atoms with Crippen LogP contribution in [-0.2, 0) is 11.3 Å². The highest BCUT2D eigenvalue weighted by Gasteiger charge is 2.38. The van der Waals surface area contributed by atoms with Crippen LogP contribution in [0.3, 0.4) is 0 Å². The van der Waals surface area contributed by atoms with Crippen LogP contribution in [0.4, 0.5) is 9.18 Å². The third kappa shape index (κ3) is 4.92. The van der Waals surface area contributed by atoms with Gasteiger partial charge in [-0.15, -0.1) is 0 Å². The molecule has 2 fully saturated rings. The average Bonchev–Trinajstić information content (AvgIpc) is 2.66. The van der Waals surface area contributed by atoms with Crippen LogP contribution in [0.15, 0.2) is 24.3 Å². The molecule has 2 N–H and O–H groups in total. The lowest BCUT2D eigenvalue weighted by Gasteiger charge is -2.48. The second kappa shape index (κ2) is 8.63. The predicted molar refractivity (Wildman–Crippen MR) is 94.8 cm³/mol. The smallest absolute Gasteiger partial charge is 0.315 e. The number of amides is 2. The molecule has 2 amide bonds. The largest absolute Gasteiger partial charge is 0.379 e. The number of carbonyl (C=O) groups is 1. The van der Waals surface area contributed by atoms with E-state index in [0.29, 0.717) is 13.1 Å². The summed E-state index contributed by atoms with van der Waals surface area (Å²) in [6.07, 6.45) is 5.94. The zero-order chi connectivity index (χ0) is 17.5. The number of hydrogen-bond donors (Lipinski definition) is 2. The zero-order valence-electron chi connectivity index (χ0n) is 14.7. The molecule has 1 aliphatic carbocycles. The fourth-order valence-corrected chi connectivity index (χ4v) is 3.99. The average molecular weight is 349 g/mol. The lowest BCUT2D eigenvalue weighted by atomic mass is 9.80. The monoisotopic (exact) mass is 349 g/mol. The van der Waals surface area contributed by atoms with Crippen molar-refractivity contribution < 1.29 is 13.9 Å². The molecular weight excluding hydrogens is 321 g/mol. The first-order valence-electron chi connectivity index (χ1n) is 9.27. The van der Waals surface area contributed by atoms with Crippen molar-refractivity contribution in [3.63, 3.8) is 0 Å². The van der Waals surface area contributed by atoms with Gasteiger partial charge in [-0.25, -0.2) is 9.18 Å². The van der Waals surface area contributed by atoms with Gasteiger partial charge in [-0.3, -0.25) is 4.90 Å². The highest BCUT2D eigenvalue weighted by Crippen LogP contribution is 2.33. The summed E-state index contributed by atoms with van der Waals surface area (Å²) in [5, 5.41) is 5.88. The first-order chi connectivity index (χ1) is 12.2. The van der Waals surface area contributed by atoms with Crippen molar-refractivity contribution >= 4 is 6.03 Å². The number of rotatable bonds is 5. The molecule has 138 valence electrons. The lowest BCUT2D eigenvalue weighted by molar-refractivity contribution is -0.0357. The van der Waals surface area contributed by atoms with Gasteiger partial charge in [-0.05, 0) is 30.5 Å². The van der Waals surface area contributed by atoms with E-state index in [-0.39, 0.29) is 17.4 Å². The van der Waals surface area contributed by atoms with Gasteiger partial charge in [0.15, 0.2) is 0 Å². The summed E-state index contributed by atoms with van der Waals surface area (Å²) in [7, 11) is 0. The summed E-state index contributed by atoms with van der Waals surface area (Å²) in [6, 6.07) is 6.11. The van der Waals surface area contributed by atoms with Crippen LogP contribution in [0.2, 0.25) is 0 Å². The Hall–Kier alpha value is -1.66. The summed E-state index contributed by atoms with van der Waals surface area (Å²) in [5.41, 5.74) is 0.814. The third-order valence-electron chi connectivity index (χ3n) is 5.39. The van der Waals surface area contributed by atoms with Gasteiger partial charge in [0, 0.05) is 31.7 Å². The maximum Gasteiger partial charge on any atom is 0.315 e. The zero-order valence-corrected chi connectivity index (χ0v) is 14.7. The summed E-state index contributed by atoms with van der Waals surface area (Å²) in [4.78, 5) is 14.7. The maximum atomic E-state index is 13.2. The number of morpholine rings is 1. The fraction of sp³-hybridized carbons (Fsp3) is 0.632. The molecule has 2 aliphatic rings. The molecule has 3 rings (SSSR count). The van der Waals surface area contributed by atoms with E-state index in [1.165, 1.54) is 31.4 Å². The molecule has 0 bridgehead atoms. The number of benzene rings is 1. The standard InChI is InChI=1S/C19H28FN3O2/c20-17-6-4-5-16(13-17)14-21-18(24)22-15-19(7-2-1-3-8-19)23-9-11-25-12-10-23/h4-6,13H,1-3,7-12,14-15H2,(H2,21,22,24). The fourth-order valence-electron chi connectivity index (χ4n) is 3.99. The molecule has 0 spiro atoms. The van der Waals surface area contributed by atoms with Gasteiger partial charge in [-0.1, -0.05) is 31.4 Å². The highest BCUT2D eigenvalue weighted by molar-refractivity contribution is 5.73. The molecule has 0 radical (unpaired) electrons. The predicted octanol–water partition coefficient (Wildman–Crippen LogP) is 2.66. The molecule has 1 aromatic carbocycles. The quantitative estimate of drug-likeness (QED) is 0.859. The van der Waals surface area contributed by atoms with Crippen molar-refractivity contribution in [3.8, 4) is 0 Å². The first-order valence-corrected chi connectivity index (χ1v) is 9.27. The second-order valence-electron chi connectivity index (χ2n) is 7.05. The van der Waals surface area contributed by atoms with E-state index in [9.17, 15) is 9.18 Å². The Kier molecular flexibility index (Phi) is 6.26. The van der Waals surface area contributed by atoms with E-state index < -0.39 is 0 Å². The van der Waals surface area contributed by atoms with E-state index in [4.69, 9.17) is 4.74 Å². The summed E-state index contributed by atoms with van der Waals surface area (Å²) >= 11 is 0. The van der Waals surface area contributed by atoms with Crippen molar-refractivity contribution in [1.82, 2.24) is 15.5 Å². The second-order valence-corrected chi connectivity index (χ2v) is 7.05. The Labute approximate surface area is 148 Å². The number of nitrogens with one attached hydrogen (secondary N) is 2. The SMILES string of the molecule is O=C(NCc1cccc(F)c1)NCC1(N2CCOCC2)CCCCC1. The van der Waals surface area contributed by atoms with Crippen LogP contribution in [0.5, 0.6) is 0 Å². The van der Waals surface area contributed by atoms with Crippen LogP contribution in [0, 0.1) is 5.82 Å². The number of ether oxygens (including phenoxy) is 1. The maximum absolute atomic E-state index is 13.2. The topological polar surface area (TPSA) is 53.6 Å². The van der Waals surface area contributed by atoms with E-state index >= 15 is 0 Å². The van der Waals surface area contributed by atoms with Crippen LogP contribution < -0.4 is 10.6 Å². The van der Waals surface area contributed by atoms with E-state index in [1.807, 2.05) is 0 Å². The Morgan fingerprint density at radius 2 is 1.92 bits per heavy atom. The van der Waals surface area contributed by atoms with Gasteiger partial charge in [0.25, 0.3) is 0 Å². The van der Waals surface area contributed by atoms with Crippen molar-refractivity contribution in [2.45, 2.75) is 44.2 Å². The number of nitrogens with zero attached hydrogens (tertiary/aromatic N) is 1. The van der Waals surface area contributed by atoms with Crippen molar-refractivity contribution in [3.05, 3.63) is 35.6 Å². The molecule has 1 aliphatic heterocycles. The molecule has 1 saturated carbocycles. The molecule has 5 nitrogen and oxygen atoms in total. The number of urea groups is 1. The minimum absolute atomic E-state index is 0.0538. The van der Waals surface area contributed by atoms with E-state index in [0.717, 1.165) is 44.7 Å². The summed E-state index contributed by atoms with van der Waals surface area (Å²) < 4.78 is 18.7. The van der Waals surface area contributed by atoms with E-state index in [2.05, 4.69) is 15.5 Å². The van der Waals surface area contributed by atoms with E-state index in [1.54, 1.807) is 12.1 Å². The third-order valence-corrected chi connectivity index (χ3v) is 5.39. The van der Waals surface area contributed by atoms with Crippen molar-refractivity contribution in [1.29, 1.82) is 0 Å². The molecule has 0 atom stereocenters. The Bertz CT molecular complexity index is 570. The molecule has 0 unspecified atom stereocenters. The van der Waals surface area contributed by atoms with Crippen LogP contribution >= 0.6 is 0 Å². The minimum Gasteiger partial charge on any atom is -0.379 e. The Balaban J connectivity index is 1.52. The van der Waals surface area contributed by atoms with Crippen LogP contribution in [-0.4, -0.2) is 49.3 Å². The molecule has 6 heteroatoms. The Morgan fingerprint density at radius 3 is 2.64 bits per heavy atom. The molecular formula is C19H28FN3O2.